The van der Waals surface area contributed by atoms with Crippen molar-refractivity contribution < 1.29 is 18.0 Å². The molecule has 0 aliphatic heterocycles. The van der Waals surface area contributed by atoms with Gasteiger partial charge >= 0.3 is 0 Å². The molecular weight excluding hydrogens is 581 g/mol. The fraction of sp³-hybridized carbons (Fsp3) is 0.355. The summed E-state index contributed by atoms with van der Waals surface area (Å²) >= 11 is 12.4. The first-order chi connectivity index (χ1) is 19.6. The van der Waals surface area contributed by atoms with Gasteiger partial charge in [0, 0.05) is 22.6 Å². The molecular formula is C31H35Cl2N3O4S. The summed E-state index contributed by atoms with van der Waals surface area (Å²) in [7, 11) is -4.16. The van der Waals surface area contributed by atoms with E-state index in [1.54, 1.807) is 68.4 Å². The van der Waals surface area contributed by atoms with Crippen LogP contribution in [0.25, 0.3) is 0 Å². The molecule has 1 aliphatic carbocycles. The first kappa shape index (κ1) is 30.9. The Morgan fingerprint density at radius 3 is 2.22 bits per heavy atom. The van der Waals surface area contributed by atoms with Crippen molar-refractivity contribution in [3.05, 3.63) is 94.0 Å². The van der Waals surface area contributed by atoms with Crippen molar-refractivity contribution in [2.45, 2.75) is 69.5 Å². The monoisotopic (exact) mass is 615 g/mol. The van der Waals surface area contributed by atoms with E-state index in [0.29, 0.717) is 21.3 Å². The molecule has 218 valence electrons. The fourth-order valence-corrected chi connectivity index (χ4v) is 6.81. The van der Waals surface area contributed by atoms with E-state index in [1.807, 2.05) is 0 Å². The number of halogens is 2. The highest BCUT2D eigenvalue weighted by molar-refractivity contribution is 7.92. The van der Waals surface area contributed by atoms with Crippen LogP contribution in [0.1, 0.15) is 50.2 Å². The molecule has 7 nitrogen and oxygen atoms in total. The zero-order valence-corrected chi connectivity index (χ0v) is 25.6. The maximum absolute atomic E-state index is 14.1. The average molecular weight is 617 g/mol. The Balaban J connectivity index is 1.69. The van der Waals surface area contributed by atoms with Crippen LogP contribution in [-0.2, 0) is 26.2 Å². The Hall–Kier alpha value is -3.07. The second-order valence-corrected chi connectivity index (χ2v) is 13.2. The van der Waals surface area contributed by atoms with Crippen molar-refractivity contribution in [1.29, 1.82) is 0 Å². The van der Waals surface area contributed by atoms with E-state index in [-0.39, 0.29) is 23.4 Å². The molecule has 0 saturated heterocycles. The molecule has 4 rings (SSSR count). The molecule has 1 fully saturated rings. The van der Waals surface area contributed by atoms with E-state index in [2.05, 4.69) is 5.32 Å². The molecule has 0 unspecified atom stereocenters. The Bertz CT molecular complexity index is 1460. The molecule has 10 heteroatoms. The van der Waals surface area contributed by atoms with E-state index >= 15 is 0 Å². The summed E-state index contributed by atoms with van der Waals surface area (Å²) < 4.78 is 28.9. The van der Waals surface area contributed by atoms with Crippen LogP contribution in [0.15, 0.2) is 77.7 Å². The molecule has 1 atom stereocenters. The average Bonchev–Trinajstić information content (AvgIpc) is 2.97. The van der Waals surface area contributed by atoms with E-state index in [0.717, 1.165) is 42.0 Å². The summed E-state index contributed by atoms with van der Waals surface area (Å²) in [4.78, 5) is 29.0. The fourth-order valence-electron chi connectivity index (χ4n) is 5.02. The zero-order chi connectivity index (χ0) is 29.6. The van der Waals surface area contributed by atoms with Gasteiger partial charge in [-0.2, -0.15) is 0 Å². The highest BCUT2D eigenvalue weighted by atomic mass is 35.5. The molecule has 41 heavy (non-hydrogen) atoms. The Kier molecular flexibility index (Phi) is 10.3. The molecule has 1 N–H and O–H groups in total. The third-order valence-electron chi connectivity index (χ3n) is 7.43. The van der Waals surface area contributed by atoms with Gasteiger partial charge in [-0.3, -0.25) is 13.9 Å². The van der Waals surface area contributed by atoms with Gasteiger partial charge in [-0.1, -0.05) is 78.9 Å². The maximum atomic E-state index is 14.1. The van der Waals surface area contributed by atoms with Gasteiger partial charge in [-0.15, -0.1) is 0 Å². The third kappa shape index (κ3) is 7.82. The lowest BCUT2D eigenvalue weighted by molar-refractivity contribution is -0.139. The smallest absolute Gasteiger partial charge is 0.264 e. The molecule has 3 aromatic carbocycles. The lowest BCUT2D eigenvalue weighted by Gasteiger charge is -2.33. The molecule has 2 amide bonds. The van der Waals surface area contributed by atoms with Crippen molar-refractivity contribution in [2.75, 3.05) is 10.8 Å². The standard InChI is InChI=1S/C31H35Cl2N3O4S/c1-22-13-16-26(33)19-29(22)36(41(39,40)28-11-7-4-8-12-28)21-30(37)35(20-24-14-17-25(32)18-15-24)23(2)31(38)34-27-9-5-3-6-10-27/h4,7-8,11-19,23,27H,3,5-6,9-10,20-21H2,1-2H3,(H,34,38)/t23-/m0/s1. The number of anilines is 1. The Morgan fingerprint density at radius 2 is 1.56 bits per heavy atom. The highest BCUT2D eigenvalue weighted by Crippen LogP contribution is 2.30. The van der Waals surface area contributed by atoms with Crippen LogP contribution in [0.2, 0.25) is 10.0 Å². The van der Waals surface area contributed by atoms with Gasteiger partial charge in [0.25, 0.3) is 10.0 Å². The molecule has 0 bridgehead atoms. The van der Waals surface area contributed by atoms with Gasteiger partial charge in [0.15, 0.2) is 0 Å². The lowest BCUT2D eigenvalue weighted by Crippen LogP contribution is -2.53. The minimum Gasteiger partial charge on any atom is -0.352 e. The number of nitrogens with one attached hydrogen (secondary N) is 1. The molecule has 1 saturated carbocycles. The third-order valence-corrected chi connectivity index (χ3v) is 9.70. The largest absolute Gasteiger partial charge is 0.352 e. The van der Waals surface area contributed by atoms with Crippen molar-refractivity contribution in [3.8, 4) is 0 Å². The second-order valence-electron chi connectivity index (χ2n) is 10.4. The number of rotatable bonds is 10. The van der Waals surface area contributed by atoms with Crippen molar-refractivity contribution >= 4 is 50.7 Å². The van der Waals surface area contributed by atoms with Crippen LogP contribution in [0.3, 0.4) is 0 Å². The van der Waals surface area contributed by atoms with Crippen molar-refractivity contribution in [3.63, 3.8) is 0 Å². The minimum absolute atomic E-state index is 0.0412. The Labute approximate surface area is 252 Å². The van der Waals surface area contributed by atoms with Crippen LogP contribution in [-0.4, -0.2) is 43.8 Å². The van der Waals surface area contributed by atoms with Gasteiger partial charge < -0.3 is 10.2 Å². The van der Waals surface area contributed by atoms with Gasteiger partial charge in [0.1, 0.15) is 12.6 Å². The first-order valence-corrected chi connectivity index (χ1v) is 15.9. The van der Waals surface area contributed by atoms with Gasteiger partial charge in [0.05, 0.1) is 10.6 Å². The van der Waals surface area contributed by atoms with E-state index < -0.39 is 28.5 Å². The second kappa shape index (κ2) is 13.7. The van der Waals surface area contributed by atoms with E-state index in [4.69, 9.17) is 23.2 Å². The first-order valence-electron chi connectivity index (χ1n) is 13.7. The summed E-state index contributed by atoms with van der Waals surface area (Å²) in [5.41, 5.74) is 1.69. The van der Waals surface area contributed by atoms with Gasteiger partial charge in [-0.25, -0.2) is 8.42 Å². The summed E-state index contributed by atoms with van der Waals surface area (Å²) in [6, 6.07) is 19.1. The lowest BCUT2D eigenvalue weighted by atomic mass is 9.95. The molecule has 0 aromatic heterocycles. The number of aryl methyl sites for hydroxylation is 1. The molecule has 3 aromatic rings. The van der Waals surface area contributed by atoms with Crippen LogP contribution in [0.4, 0.5) is 5.69 Å². The number of hydrogen-bond donors (Lipinski definition) is 1. The summed E-state index contributed by atoms with van der Waals surface area (Å²) in [6.45, 7) is 3.01. The number of carbonyl (C=O) groups is 2. The summed E-state index contributed by atoms with van der Waals surface area (Å²) in [5.74, 6) is -0.791. The number of nitrogens with zero attached hydrogens (tertiary/aromatic N) is 2. The Morgan fingerprint density at radius 1 is 0.927 bits per heavy atom. The van der Waals surface area contributed by atoms with Crippen LogP contribution >= 0.6 is 23.2 Å². The topological polar surface area (TPSA) is 86.8 Å². The quantitative estimate of drug-likeness (QED) is 0.287. The predicted molar refractivity (Wildman–Crippen MR) is 164 cm³/mol. The predicted octanol–water partition coefficient (Wildman–Crippen LogP) is 6.36. The maximum Gasteiger partial charge on any atom is 0.264 e. The van der Waals surface area contributed by atoms with Crippen LogP contribution in [0.5, 0.6) is 0 Å². The molecule has 0 heterocycles. The SMILES string of the molecule is Cc1ccc(Cl)cc1N(CC(=O)N(Cc1ccc(Cl)cc1)[C@@H](C)C(=O)NC1CCCCC1)S(=O)(=O)c1ccccc1. The van der Waals surface area contributed by atoms with Crippen molar-refractivity contribution in [1.82, 2.24) is 10.2 Å². The van der Waals surface area contributed by atoms with E-state index in [1.165, 1.54) is 23.1 Å². The summed E-state index contributed by atoms with van der Waals surface area (Å²) in [6.07, 6.45) is 5.06. The zero-order valence-electron chi connectivity index (χ0n) is 23.2. The highest BCUT2D eigenvalue weighted by Gasteiger charge is 2.33. The van der Waals surface area contributed by atoms with Crippen LogP contribution < -0.4 is 9.62 Å². The number of hydrogen-bond acceptors (Lipinski definition) is 4. The molecule has 0 spiro atoms. The number of sulfonamides is 1. The molecule has 0 radical (unpaired) electrons. The van der Waals surface area contributed by atoms with Gasteiger partial charge in [0.2, 0.25) is 11.8 Å². The van der Waals surface area contributed by atoms with Crippen molar-refractivity contribution in [2.24, 2.45) is 0 Å². The minimum atomic E-state index is -4.16. The summed E-state index contributed by atoms with van der Waals surface area (Å²) in [5, 5.41) is 3.99. The van der Waals surface area contributed by atoms with E-state index in [9.17, 15) is 18.0 Å². The van der Waals surface area contributed by atoms with Gasteiger partial charge in [-0.05, 0) is 74.2 Å². The van der Waals surface area contributed by atoms with Crippen LogP contribution in [0, 0.1) is 6.92 Å². The number of benzene rings is 3. The molecule has 1 aliphatic rings. The number of amides is 2. The normalized spacial score (nSPS) is 14.7. The number of carbonyl (C=O) groups excluding carboxylic acids is 2.